The molecule has 0 saturated heterocycles. The standard InChI is InChI=1S/C34H57NO5Si/c1-23(2)41(24(3)4,25(5)6)40-34-21-19-28(9)29(36)17-16-26(7)14-13-15-27(8)18-20-33(10,31(34)37)22-30(34)39-32(38)35(11)12/h14,18-19,22-25,29,36H,13,15-17,20-21H2,1-12H3/b26-14+,27-18+,28-19-/t29-,33-,34-/m0/s1. The van der Waals surface area contributed by atoms with Gasteiger partial charge in [-0.1, -0.05) is 70.9 Å². The number of allylic oxidation sites excluding steroid dienone is 5. The van der Waals surface area contributed by atoms with Gasteiger partial charge in [0.1, 0.15) is 5.76 Å². The van der Waals surface area contributed by atoms with Gasteiger partial charge in [0.05, 0.1) is 11.5 Å². The van der Waals surface area contributed by atoms with E-state index in [-0.39, 0.29) is 34.6 Å². The first-order chi connectivity index (χ1) is 18.9. The molecule has 1 N–H and O–H groups in total. The second kappa shape index (κ2) is 14.0. The fourth-order valence-electron chi connectivity index (χ4n) is 6.65. The van der Waals surface area contributed by atoms with Crippen molar-refractivity contribution in [2.24, 2.45) is 5.41 Å². The van der Waals surface area contributed by atoms with Gasteiger partial charge >= 0.3 is 6.09 Å². The highest BCUT2D eigenvalue weighted by Crippen LogP contribution is 2.53. The predicted octanol–water partition coefficient (Wildman–Crippen LogP) is 8.64. The van der Waals surface area contributed by atoms with Crippen LogP contribution in [0.3, 0.4) is 0 Å². The van der Waals surface area contributed by atoms with Gasteiger partial charge in [-0.25, -0.2) is 4.79 Å². The summed E-state index contributed by atoms with van der Waals surface area (Å²) >= 11 is 0. The number of carbonyl (C=O) groups excluding carboxylic acids is 2. The van der Waals surface area contributed by atoms with Crippen LogP contribution in [-0.4, -0.2) is 56.0 Å². The van der Waals surface area contributed by atoms with E-state index in [2.05, 4.69) is 67.5 Å². The Balaban J connectivity index is 2.86. The van der Waals surface area contributed by atoms with Crippen LogP contribution in [0.2, 0.25) is 16.6 Å². The Hall–Kier alpha value is -1.96. The van der Waals surface area contributed by atoms with Crippen LogP contribution in [0.1, 0.15) is 108 Å². The van der Waals surface area contributed by atoms with E-state index in [4.69, 9.17) is 9.16 Å². The molecule has 3 atom stereocenters. The second-order valence-electron chi connectivity index (χ2n) is 13.8. The number of nitrogens with zero attached hydrogens (tertiary/aromatic N) is 1. The molecule has 0 fully saturated rings. The molecule has 0 spiro atoms. The molecule has 7 heteroatoms. The maximum Gasteiger partial charge on any atom is 0.414 e. The van der Waals surface area contributed by atoms with Gasteiger partial charge in [-0.3, -0.25) is 4.79 Å². The number of amides is 1. The molecule has 6 nitrogen and oxygen atoms in total. The lowest BCUT2D eigenvalue weighted by molar-refractivity contribution is -0.139. The summed E-state index contributed by atoms with van der Waals surface area (Å²) in [6.07, 6.45) is 11.0. The van der Waals surface area contributed by atoms with E-state index >= 15 is 0 Å². The number of hydrogen-bond acceptors (Lipinski definition) is 5. The SMILES string of the molecule is C/C1=C/C[C@@]2(O[Si](C(C)C)(C(C)C)C(C)C)C(=O)[C@](C)(C=C2OC(=O)N(C)C)C/C=C(\C)CC/C=C(\C)CC[C@@H]1O. The summed E-state index contributed by atoms with van der Waals surface area (Å²) < 4.78 is 13.5. The van der Waals surface area contributed by atoms with Crippen LogP contribution in [0.5, 0.6) is 0 Å². The van der Waals surface area contributed by atoms with E-state index in [0.29, 0.717) is 12.8 Å². The minimum Gasteiger partial charge on any atom is -0.411 e. The number of rotatable bonds is 6. The number of aliphatic hydroxyl groups is 1. The average Bonchev–Trinajstić information content (AvgIpc) is 3.08. The summed E-state index contributed by atoms with van der Waals surface area (Å²) in [4.78, 5) is 29.3. The van der Waals surface area contributed by atoms with Crippen LogP contribution >= 0.6 is 0 Å². The van der Waals surface area contributed by atoms with Crippen LogP contribution in [0.25, 0.3) is 0 Å². The third-order valence-corrected chi connectivity index (χ3v) is 15.4. The summed E-state index contributed by atoms with van der Waals surface area (Å²) in [6, 6.07) is 0. The molecule has 232 valence electrons. The smallest absolute Gasteiger partial charge is 0.411 e. The van der Waals surface area contributed by atoms with Crippen molar-refractivity contribution in [2.45, 2.75) is 136 Å². The van der Waals surface area contributed by atoms with Crippen molar-refractivity contribution in [3.8, 4) is 0 Å². The largest absolute Gasteiger partial charge is 0.414 e. The van der Waals surface area contributed by atoms with Crippen molar-refractivity contribution in [1.82, 2.24) is 4.90 Å². The van der Waals surface area contributed by atoms with Crippen LogP contribution in [-0.2, 0) is 14.0 Å². The zero-order valence-corrected chi connectivity index (χ0v) is 28.9. The van der Waals surface area contributed by atoms with Gasteiger partial charge in [-0.15, -0.1) is 0 Å². The van der Waals surface area contributed by atoms with Gasteiger partial charge in [0.25, 0.3) is 0 Å². The van der Waals surface area contributed by atoms with Crippen molar-refractivity contribution < 1.29 is 23.9 Å². The summed E-state index contributed by atoms with van der Waals surface area (Å²) in [5.74, 6) is 0.213. The van der Waals surface area contributed by atoms with Crippen LogP contribution in [0.4, 0.5) is 4.79 Å². The molecule has 0 heterocycles. The van der Waals surface area contributed by atoms with Crippen molar-refractivity contribution in [1.29, 1.82) is 0 Å². The zero-order valence-electron chi connectivity index (χ0n) is 27.9. The Kier molecular flexibility index (Phi) is 12.0. The van der Waals surface area contributed by atoms with Gasteiger partial charge in [-0.05, 0) is 88.1 Å². The van der Waals surface area contributed by atoms with Gasteiger partial charge < -0.3 is 19.2 Å². The Bertz CT molecular complexity index is 1060. The molecule has 0 aromatic heterocycles. The van der Waals surface area contributed by atoms with E-state index in [0.717, 1.165) is 24.8 Å². The second-order valence-corrected chi connectivity index (χ2v) is 19.2. The number of ketones is 1. The molecule has 0 radical (unpaired) electrons. The molecule has 1 amide bonds. The molecule has 0 unspecified atom stereocenters. The first-order valence-corrected chi connectivity index (χ1v) is 17.6. The number of hydrogen-bond donors (Lipinski definition) is 1. The average molecular weight is 588 g/mol. The quantitative estimate of drug-likeness (QED) is 0.249. The van der Waals surface area contributed by atoms with E-state index < -0.39 is 31.5 Å². The molecule has 2 aliphatic carbocycles. The number of Topliss-reactive ketones (excluding diaryl/α,β-unsaturated/α-hetero) is 1. The summed E-state index contributed by atoms with van der Waals surface area (Å²) in [5.41, 5.74) is 1.59. The van der Waals surface area contributed by atoms with E-state index in [9.17, 15) is 14.7 Å². The van der Waals surface area contributed by atoms with Gasteiger partial charge in [-0.2, -0.15) is 0 Å². The Labute approximate surface area is 251 Å². The van der Waals surface area contributed by atoms with Crippen molar-refractivity contribution in [2.75, 3.05) is 14.1 Å². The molecular formula is C34H57NO5Si. The molecule has 2 aliphatic rings. The fraction of sp³-hybridized carbons (Fsp3) is 0.706. The van der Waals surface area contributed by atoms with Crippen molar-refractivity contribution in [3.63, 3.8) is 0 Å². The molecular weight excluding hydrogens is 530 g/mol. The van der Waals surface area contributed by atoms with Gasteiger partial charge in [0.15, 0.2) is 11.4 Å². The zero-order chi connectivity index (χ0) is 31.3. The monoisotopic (exact) mass is 587 g/mol. The normalized spacial score (nSPS) is 30.8. The maximum atomic E-state index is 14.9. The Morgan fingerprint density at radius 2 is 1.51 bits per heavy atom. The van der Waals surface area contributed by atoms with Crippen LogP contribution < -0.4 is 0 Å². The highest BCUT2D eigenvalue weighted by Gasteiger charge is 2.62. The number of aliphatic hydroxyl groups excluding tert-OH is 1. The highest BCUT2D eigenvalue weighted by atomic mass is 28.4. The first kappa shape index (κ1) is 35.2. The molecule has 0 saturated carbocycles. The molecule has 2 bridgehead atoms. The Morgan fingerprint density at radius 3 is 2.05 bits per heavy atom. The predicted molar refractivity (Wildman–Crippen MR) is 171 cm³/mol. The number of fused-ring (bicyclic) bond motifs is 2. The lowest BCUT2D eigenvalue weighted by Crippen LogP contribution is -2.58. The summed E-state index contributed by atoms with van der Waals surface area (Å²) in [6.45, 7) is 21.3. The van der Waals surface area contributed by atoms with Crippen LogP contribution in [0, 0.1) is 5.41 Å². The first-order valence-electron chi connectivity index (χ1n) is 15.5. The van der Waals surface area contributed by atoms with Gasteiger partial charge in [0, 0.05) is 20.5 Å². The van der Waals surface area contributed by atoms with Crippen LogP contribution in [0.15, 0.2) is 46.8 Å². The summed E-state index contributed by atoms with van der Waals surface area (Å²) in [7, 11) is 0.637. The van der Waals surface area contributed by atoms with Crippen molar-refractivity contribution >= 4 is 20.2 Å². The Morgan fingerprint density at radius 1 is 0.951 bits per heavy atom. The summed E-state index contributed by atoms with van der Waals surface area (Å²) in [5, 5.41) is 11.1. The van der Waals surface area contributed by atoms with Crippen molar-refractivity contribution in [3.05, 3.63) is 46.8 Å². The lowest BCUT2D eigenvalue weighted by Gasteiger charge is -2.48. The molecule has 2 rings (SSSR count). The highest BCUT2D eigenvalue weighted by molar-refractivity contribution is 6.78. The third kappa shape index (κ3) is 7.71. The van der Waals surface area contributed by atoms with E-state index in [1.807, 2.05) is 26.0 Å². The van der Waals surface area contributed by atoms with E-state index in [1.165, 1.54) is 16.0 Å². The molecule has 0 aromatic carbocycles. The minimum absolute atomic E-state index is 0.0733. The van der Waals surface area contributed by atoms with E-state index in [1.54, 1.807) is 14.1 Å². The van der Waals surface area contributed by atoms with Gasteiger partial charge in [0.2, 0.25) is 8.32 Å². The lowest BCUT2D eigenvalue weighted by atomic mass is 9.79. The number of carbonyl (C=O) groups is 2. The molecule has 0 aliphatic heterocycles. The topological polar surface area (TPSA) is 76.1 Å². The minimum atomic E-state index is -2.64. The molecule has 0 aromatic rings. The maximum absolute atomic E-state index is 14.9. The third-order valence-electron chi connectivity index (χ3n) is 9.31. The fourth-order valence-corrected chi connectivity index (χ4v) is 12.2. The number of ether oxygens (including phenoxy) is 1. The molecule has 41 heavy (non-hydrogen) atoms.